The van der Waals surface area contributed by atoms with Gasteiger partial charge in [-0.05, 0) is 55.2 Å². The second-order valence-corrected chi connectivity index (χ2v) is 8.71. The summed E-state index contributed by atoms with van der Waals surface area (Å²) in [6.07, 6.45) is 1.04. The van der Waals surface area contributed by atoms with Crippen LogP contribution in [-0.4, -0.2) is 28.5 Å². The van der Waals surface area contributed by atoms with Crippen LogP contribution in [0.2, 0.25) is 0 Å². The molecule has 1 aromatic heterocycles. The molecular formula is C26H26N2O3. The number of hydrogen-bond acceptors (Lipinski definition) is 3. The molecule has 2 aromatic carbocycles. The molecule has 0 N–H and O–H groups in total. The number of pyridine rings is 1. The average molecular weight is 415 g/mol. The number of likely N-dealkylation sites (tertiary alicyclic amines) is 1. The zero-order valence-electron chi connectivity index (χ0n) is 17.7. The number of aromatic nitrogens is 1. The van der Waals surface area contributed by atoms with Gasteiger partial charge < -0.3 is 14.2 Å². The molecule has 0 spiro atoms. The van der Waals surface area contributed by atoms with Crippen LogP contribution >= 0.6 is 0 Å². The molecule has 3 aromatic rings. The third-order valence-corrected chi connectivity index (χ3v) is 6.39. The van der Waals surface area contributed by atoms with E-state index in [9.17, 15) is 9.59 Å². The van der Waals surface area contributed by atoms with Crippen LogP contribution in [0, 0.1) is 12.8 Å². The molecule has 1 saturated heterocycles. The van der Waals surface area contributed by atoms with Crippen molar-refractivity contribution in [2.24, 2.45) is 5.92 Å². The summed E-state index contributed by atoms with van der Waals surface area (Å²) in [7, 11) is 0. The molecule has 2 aliphatic heterocycles. The van der Waals surface area contributed by atoms with Crippen molar-refractivity contribution in [3.05, 3.63) is 99.5 Å². The van der Waals surface area contributed by atoms with Gasteiger partial charge in [-0.2, -0.15) is 0 Å². The van der Waals surface area contributed by atoms with Crippen LogP contribution in [0.3, 0.4) is 0 Å². The Kier molecular flexibility index (Phi) is 5.10. The van der Waals surface area contributed by atoms with Crippen molar-refractivity contribution in [2.75, 3.05) is 13.1 Å². The van der Waals surface area contributed by atoms with Crippen molar-refractivity contribution in [3.63, 3.8) is 0 Å². The number of benzene rings is 2. The SMILES string of the molecule is Cc1ccc(OCc2ccc(C(=O)N3CC4CC(C3)c3cccc(=O)n3C4)cc2)cc1. The fourth-order valence-electron chi connectivity index (χ4n) is 4.79. The molecule has 2 unspecified atom stereocenters. The first-order chi connectivity index (χ1) is 15.1. The van der Waals surface area contributed by atoms with Gasteiger partial charge in [0.15, 0.2) is 0 Å². The number of rotatable bonds is 4. The Hall–Kier alpha value is -3.34. The molecule has 158 valence electrons. The van der Waals surface area contributed by atoms with Gasteiger partial charge in [0.25, 0.3) is 11.5 Å². The van der Waals surface area contributed by atoms with Crippen molar-refractivity contribution >= 4 is 5.91 Å². The van der Waals surface area contributed by atoms with E-state index >= 15 is 0 Å². The monoisotopic (exact) mass is 414 g/mol. The van der Waals surface area contributed by atoms with Gasteiger partial charge in [-0.3, -0.25) is 9.59 Å². The fourth-order valence-corrected chi connectivity index (χ4v) is 4.79. The summed E-state index contributed by atoms with van der Waals surface area (Å²) in [6.45, 7) is 4.58. The maximum atomic E-state index is 13.2. The molecule has 0 saturated carbocycles. The first-order valence-corrected chi connectivity index (χ1v) is 10.8. The van der Waals surface area contributed by atoms with E-state index in [-0.39, 0.29) is 17.4 Å². The number of carbonyl (C=O) groups is 1. The number of fused-ring (bicyclic) bond motifs is 4. The highest BCUT2D eigenvalue weighted by Crippen LogP contribution is 2.35. The van der Waals surface area contributed by atoms with Crippen LogP contribution in [-0.2, 0) is 13.2 Å². The number of amides is 1. The maximum Gasteiger partial charge on any atom is 0.253 e. The van der Waals surface area contributed by atoms with Crippen molar-refractivity contribution < 1.29 is 9.53 Å². The lowest BCUT2D eigenvalue weighted by molar-refractivity contribution is 0.0594. The minimum absolute atomic E-state index is 0.0624. The van der Waals surface area contributed by atoms with E-state index in [4.69, 9.17) is 4.74 Å². The number of aryl methyl sites for hydroxylation is 1. The second-order valence-electron chi connectivity index (χ2n) is 8.71. The Balaban J connectivity index is 1.25. The quantitative estimate of drug-likeness (QED) is 0.649. The van der Waals surface area contributed by atoms with E-state index < -0.39 is 0 Å². The van der Waals surface area contributed by atoms with Crippen LogP contribution in [0.4, 0.5) is 0 Å². The third-order valence-electron chi connectivity index (χ3n) is 6.39. The van der Waals surface area contributed by atoms with Crippen molar-refractivity contribution in [2.45, 2.75) is 32.4 Å². The predicted octanol–water partition coefficient (Wildman–Crippen LogP) is 4.00. The van der Waals surface area contributed by atoms with Crippen LogP contribution in [0.25, 0.3) is 0 Å². The van der Waals surface area contributed by atoms with Gasteiger partial charge in [0, 0.05) is 42.9 Å². The second kappa shape index (κ2) is 8.06. The third kappa shape index (κ3) is 4.00. The molecule has 31 heavy (non-hydrogen) atoms. The zero-order valence-corrected chi connectivity index (χ0v) is 17.7. The molecule has 5 rings (SSSR count). The highest BCUT2D eigenvalue weighted by atomic mass is 16.5. The first-order valence-electron chi connectivity index (χ1n) is 10.8. The molecule has 2 aliphatic rings. The Bertz CT molecular complexity index is 1150. The average Bonchev–Trinajstić information content (AvgIpc) is 2.79. The fraction of sp³-hybridized carbons (Fsp3) is 0.308. The van der Waals surface area contributed by atoms with E-state index in [1.54, 1.807) is 6.07 Å². The topological polar surface area (TPSA) is 51.5 Å². The summed E-state index contributed by atoms with van der Waals surface area (Å²) in [4.78, 5) is 27.3. The Labute approximate surface area is 181 Å². The van der Waals surface area contributed by atoms with Gasteiger partial charge in [-0.15, -0.1) is 0 Å². The summed E-state index contributed by atoms with van der Waals surface area (Å²) in [6, 6.07) is 21.2. The van der Waals surface area contributed by atoms with E-state index in [1.807, 2.05) is 77.1 Å². The summed E-state index contributed by atoms with van der Waals surface area (Å²) in [5, 5.41) is 0. The zero-order chi connectivity index (χ0) is 21.4. The minimum atomic E-state index is 0.0624. The lowest BCUT2D eigenvalue weighted by atomic mass is 9.83. The first kappa shape index (κ1) is 19.6. The molecular weight excluding hydrogens is 388 g/mol. The lowest BCUT2D eigenvalue weighted by Gasteiger charge is -2.42. The van der Waals surface area contributed by atoms with Gasteiger partial charge >= 0.3 is 0 Å². The predicted molar refractivity (Wildman–Crippen MR) is 119 cm³/mol. The molecule has 5 nitrogen and oxygen atoms in total. The van der Waals surface area contributed by atoms with E-state index in [0.717, 1.165) is 23.4 Å². The highest BCUT2D eigenvalue weighted by Gasteiger charge is 2.36. The van der Waals surface area contributed by atoms with E-state index in [2.05, 4.69) is 0 Å². The smallest absolute Gasteiger partial charge is 0.253 e. The molecule has 2 bridgehead atoms. The molecule has 0 radical (unpaired) electrons. The van der Waals surface area contributed by atoms with Crippen LogP contribution < -0.4 is 10.3 Å². The van der Waals surface area contributed by atoms with E-state index in [0.29, 0.717) is 37.7 Å². The van der Waals surface area contributed by atoms with Gasteiger partial charge in [0.05, 0.1) is 0 Å². The Morgan fingerprint density at radius 1 is 0.968 bits per heavy atom. The number of piperidine rings is 1. The Morgan fingerprint density at radius 2 is 1.74 bits per heavy atom. The molecule has 1 fully saturated rings. The summed E-state index contributed by atoms with van der Waals surface area (Å²) >= 11 is 0. The molecule has 3 heterocycles. The number of nitrogens with zero attached hydrogens (tertiary/aromatic N) is 2. The minimum Gasteiger partial charge on any atom is -0.489 e. The van der Waals surface area contributed by atoms with E-state index in [1.165, 1.54) is 5.56 Å². The molecule has 1 amide bonds. The molecule has 5 heteroatoms. The van der Waals surface area contributed by atoms with Gasteiger partial charge in [-0.25, -0.2) is 0 Å². The number of hydrogen-bond donors (Lipinski definition) is 0. The standard InChI is InChI=1S/C26H26N2O3/c1-18-5-11-23(12-6-18)31-17-19-7-9-21(10-8-19)26(30)27-14-20-13-22(16-27)24-3-2-4-25(29)28(24)15-20/h2-12,20,22H,13-17H2,1H3. The van der Waals surface area contributed by atoms with Gasteiger partial charge in [0.1, 0.15) is 12.4 Å². The summed E-state index contributed by atoms with van der Waals surface area (Å²) in [5.41, 5.74) is 4.05. The van der Waals surface area contributed by atoms with Crippen LogP contribution in [0.5, 0.6) is 5.75 Å². The Morgan fingerprint density at radius 3 is 2.52 bits per heavy atom. The van der Waals surface area contributed by atoms with Crippen LogP contribution in [0.1, 0.15) is 39.5 Å². The molecule has 2 atom stereocenters. The maximum absolute atomic E-state index is 13.2. The highest BCUT2D eigenvalue weighted by molar-refractivity contribution is 5.94. The normalized spacial score (nSPS) is 19.6. The van der Waals surface area contributed by atoms with Crippen molar-refractivity contribution in [1.29, 1.82) is 0 Å². The number of carbonyl (C=O) groups excluding carboxylic acids is 1. The largest absolute Gasteiger partial charge is 0.489 e. The van der Waals surface area contributed by atoms with Gasteiger partial charge in [-0.1, -0.05) is 35.9 Å². The summed E-state index contributed by atoms with van der Waals surface area (Å²) < 4.78 is 7.73. The van der Waals surface area contributed by atoms with Crippen molar-refractivity contribution in [1.82, 2.24) is 9.47 Å². The van der Waals surface area contributed by atoms with Gasteiger partial charge in [0.2, 0.25) is 0 Å². The van der Waals surface area contributed by atoms with Crippen molar-refractivity contribution in [3.8, 4) is 5.75 Å². The van der Waals surface area contributed by atoms with Crippen LogP contribution in [0.15, 0.2) is 71.5 Å². The molecule has 0 aliphatic carbocycles. The number of ether oxygens (including phenoxy) is 1. The summed E-state index contributed by atoms with van der Waals surface area (Å²) in [5.74, 6) is 1.46. The lowest BCUT2D eigenvalue weighted by Crippen LogP contribution is -2.49.